The highest BCUT2D eigenvalue weighted by molar-refractivity contribution is 5.84. The van der Waals surface area contributed by atoms with Gasteiger partial charge in [-0.15, -0.1) is 0 Å². The highest BCUT2D eigenvalue weighted by Crippen LogP contribution is 2.20. The van der Waals surface area contributed by atoms with Crippen molar-refractivity contribution in [3.05, 3.63) is 0 Å². The number of likely N-dealkylation sites (N-methyl/N-ethyl adjacent to an activating group) is 1. The molecule has 114 valence electrons. The van der Waals surface area contributed by atoms with E-state index < -0.39 is 17.4 Å². The third-order valence-corrected chi connectivity index (χ3v) is 3.60. The molecule has 0 spiro atoms. The summed E-state index contributed by atoms with van der Waals surface area (Å²) in [6.07, 6.45) is 2.40. The fourth-order valence-electron chi connectivity index (χ4n) is 1.55. The van der Waals surface area contributed by atoms with E-state index in [1.165, 1.54) is 11.9 Å². The lowest BCUT2D eigenvalue weighted by Crippen LogP contribution is -2.47. The molecule has 1 aliphatic carbocycles. The maximum atomic E-state index is 11.8. The molecule has 0 heterocycles. The fourth-order valence-corrected chi connectivity index (χ4v) is 1.55. The standard InChI is InChI=1S/C13H23N3O4/c1-4-13(2,11(18)19)8-14-12(20)16(3)7-10(17)15-9-5-6-9/h9H,4-8H2,1-3H3,(H,14,20)(H,15,17)(H,18,19). The summed E-state index contributed by atoms with van der Waals surface area (Å²) in [5.74, 6) is -1.14. The Kier molecular flexibility index (Phi) is 5.35. The third kappa shape index (κ3) is 4.71. The minimum atomic E-state index is -0.993. The number of urea groups is 1. The molecule has 1 rings (SSSR count). The molecule has 7 heteroatoms. The molecule has 0 aromatic carbocycles. The van der Waals surface area contributed by atoms with Crippen LogP contribution in [0.3, 0.4) is 0 Å². The number of carbonyl (C=O) groups is 3. The average Bonchev–Trinajstić information content (AvgIpc) is 3.18. The first-order valence-corrected chi connectivity index (χ1v) is 6.80. The summed E-state index contributed by atoms with van der Waals surface area (Å²) in [6, 6.07) is -0.189. The molecule has 1 atom stereocenters. The van der Waals surface area contributed by atoms with Crippen LogP contribution >= 0.6 is 0 Å². The number of nitrogens with zero attached hydrogens (tertiary/aromatic N) is 1. The van der Waals surface area contributed by atoms with E-state index in [0.717, 1.165) is 12.8 Å². The average molecular weight is 285 g/mol. The Bertz CT molecular complexity index is 395. The van der Waals surface area contributed by atoms with E-state index in [-0.39, 0.29) is 25.0 Å². The highest BCUT2D eigenvalue weighted by atomic mass is 16.4. The van der Waals surface area contributed by atoms with Gasteiger partial charge < -0.3 is 20.6 Å². The molecule has 0 radical (unpaired) electrons. The van der Waals surface area contributed by atoms with E-state index in [0.29, 0.717) is 6.42 Å². The second-order valence-corrected chi connectivity index (χ2v) is 5.58. The predicted octanol–water partition coefficient (Wildman–Crippen LogP) is 0.407. The van der Waals surface area contributed by atoms with Crippen molar-refractivity contribution in [3.63, 3.8) is 0 Å². The molecule has 0 aliphatic heterocycles. The van der Waals surface area contributed by atoms with E-state index in [9.17, 15) is 14.4 Å². The van der Waals surface area contributed by atoms with Crippen LogP contribution in [0.15, 0.2) is 0 Å². The summed E-state index contributed by atoms with van der Waals surface area (Å²) in [6.45, 7) is 3.34. The Hall–Kier alpha value is -1.79. The second-order valence-electron chi connectivity index (χ2n) is 5.58. The lowest BCUT2D eigenvalue weighted by Gasteiger charge is -2.25. The molecule has 0 bridgehead atoms. The lowest BCUT2D eigenvalue weighted by molar-refractivity contribution is -0.147. The van der Waals surface area contributed by atoms with Gasteiger partial charge in [-0.3, -0.25) is 9.59 Å². The smallest absolute Gasteiger partial charge is 0.317 e. The SMILES string of the molecule is CCC(C)(CNC(=O)N(C)CC(=O)NC1CC1)C(=O)O. The van der Waals surface area contributed by atoms with Gasteiger partial charge in [0.25, 0.3) is 0 Å². The summed E-state index contributed by atoms with van der Waals surface area (Å²) >= 11 is 0. The van der Waals surface area contributed by atoms with E-state index >= 15 is 0 Å². The first-order valence-electron chi connectivity index (χ1n) is 6.80. The monoisotopic (exact) mass is 285 g/mol. The zero-order valence-corrected chi connectivity index (χ0v) is 12.2. The Morgan fingerprint density at radius 1 is 1.35 bits per heavy atom. The normalized spacial score (nSPS) is 16.9. The van der Waals surface area contributed by atoms with Gasteiger partial charge >= 0.3 is 12.0 Å². The molecule has 0 aromatic rings. The molecule has 1 aliphatic rings. The van der Waals surface area contributed by atoms with Gasteiger partial charge in [0, 0.05) is 19.6 Å². The van der Waals surface area contributed by atoms with Crippen LogP contribution in [-0.2, 0) is 9.59 Å². The zero-order valence-electron chi connectivity index (χ0n) is 12.2. The molecule has 3 amide bonds. The molecule has 1 fully saturated rings. The van der Waals surface area contributed by atoms with Crippen molar-refractivity contribution in [1.82, 2.24) is 15.5 Å². The van der Waals surface area contributed by atoms with Crippen LogP contribution < -0.4 is 10.6 Å². The van der Waals surface area contributed by atoms with Crippen LogP contribution in [0, 0.1) is 5.41 Å². The highest BCUT2D eigenvalue weighted by Gasteiger charge is 2.32. The summed E-state index contributed by atoms with van der Waals surface area (Å²) in [5, 5.41) is 14.4. The van der Waals surface area contributed by atoms with Crippen LogP contribution in [0.5, 0.6) is 0 Å². The third-order valence-electron chi connectivity index (χ3n) is 3.60. The number of carboxylic acids is 1. The number of amides is 3. The number of nitrogens with one attached hydrogen (secondary N) is 2. The largest absolute Gasteiger partial charge is 0.481 e. The van der Waals surface area contributed by atoms with Gasteiger partial charge in [0.1, 0.15) is 6.54 Å². The number of aliphatic carboxylic acids is 1. The van der Waals surface area contributed by atoms with Crippen molar-refractivity contribution in [2.75, 3.05) is 20.1 Å². The van der Waals surface area contributed by atoms with E-state index in [1.54, 1.807) is 13.8 Å². The Morgan fingerprint density at radius 3 is 2.40 bits per heavy atom. The zero-order chi connectivity index (χ0) is 15.3. The number of rotatable bonds is 7. The Balaban J connectivity index is 2.36. The van der Waals surface area contributed by atoms with E-state index in [1.807, 2.05) is 0 Å². The molecular weight excluding hydrogens is 262 g/mol. The van der Waals surface area contributed by atoms with Gasteiger partial charge in [-0.2, -0.15) is 0 Å². The Morgan fingerprint density at radius 2 is 1.95 bits per heavy atom. The maximum absolute atomic E-state index is 11.8. The molecule has 7 nitrogen and oxygen atoms in total. The minimum Gasteiger partial charge on any atom is -0.481 e. The van der Waals surface area contributed by atoms with Crippen molar-refractivity contribution < 1.29 is 19.5 Å². The van der Waals surface area contributed by atoms with Gasteiger partial charge in [-0.25, -0.2) is 4.79 Å². The maximum Gasteiger partial charge on any atom is 0.317 e. The first kappa shape index (κ1) is 16.3. The predicted molar refractivity (Wildman–Crippen MR) is 73.2 cm³/mol. The minimum absolute atomic E-state index is 0.0295. The van der Waals surface area contributed by atoms with Crippen LogP contribution in [-0.4, -0.2) is 54.1 Å². The number of carboxylic acid groups (broad SMARTS) is 1. The summed E-state index contributed by atoms with van der Waals surface area (Å²) in [7, 11) is 1.51. The van der Waals surface area contributed by atoms with Gasteiger partial charge in [-0.1, -0.05) is 6.92 Å². The van der Waals surface area contributed by atoms with Crippen LogP contribution in [0.25, 0.3) is 0 Å². The fraction of sp³-hybridized carbons (Fsp3) is 0.769. The van der Waals surface area contributed by atoms with Gasteiger partial charge in [-0.05, 0) is 26.2 Å². The van der Waals surface area contributed by atoms with Crippen molar-refractivity contribution in [1.29, 1.82) is 0 Å². The molecular formula is C13H23N3O4. The van der Waals surface area contributed by atoms with Gasteiger partial charge in [0.2, 0.25) is 5.91 Å². The molecule has 1 saturated carbocycles. The van der Waals surface area contributed by atoms with Crippen LogP contribution in [0.1, 0.15) is 33.1 Å². The number of carbonyl (C=O) groups excluding carboxylic acids is 2. The molecule has 0 aromatic heterocycles. The quantitative estimate of drug-likeness (QED) is 0.631. The Labute approximate surface area is 118 Å². The lowest BCUT2D eigenvalue weighted by atomic mass is 9.88. The first-order chi connectivity index (χ1) is 9.28. The van der Waals surface area contributed by atoms with Crippen molar-refractivity contribution in [2.24, 2.45) is 5.41 Å². The van der Waals surface area contributed by atoms with Crippen LogP contribution in [0.2, 0.25) is 0 Å². The van der Waals surface area contributed by atoms with Crippen molar-refractivity contribution in [2.45, 2.75) is 39.2 Å². The van der Waals surface area contributed by atoms with E-state index in [2.05, 4.69) is 10.6 Å². The van der Waals surface area contributed by atoms with Crippen molar-refractivity contribution >= 4 is 17.9 Å². The molecule has 1 unspecified atom stereocenters. The number of hydrogen-bond donors (Lipinski definition) is 3. The van der Waals surface area contributed by atoms with E-state index in [4.69, 9.17) is 5.11 Å². The molecule has 0 saturated heterocycles. The van der Waals surface area contributed by atoms with Crippen LogP contribution in [0.4, 0.5) is 4.79 Å². The topological polar surface area (TPSA) is 98.7 Å². The summed E-state index contributed by atoms with van der Waals surface area (Å²) in [4.78, 5) is 35.7. The van der Waals surface area contributed by atoms with Gasteiger partial charge in [0.15, 0.2) is 0 Å². The summed E-state index contributed by atoms with van der Waals surface area (Å²) in [5.41, 5.74) is -0.993. The molecule has 20 heavy (non-hydrogen) atoms. The van der Waals surface area contributed by atoms with Crippen molar-refractivity contribution in [3.8, 4) is 0 Å². The second kappa shape index (κ2) is 6.58. The number of hydrogen-bond acceptors (Lipinski definition) is 3. The summed E-state index contributed by atoms with van der Waals surface area (Å²) < 4.78 is 0. The van der Waals surface area contributed by atoms with Gasteiger partial charge in [0.05, 0.1) is 5.41 Å². The molecule has 3 N–H and O–H groups in total.